The van der Waals surface area contributed by atoms with Crippen LogP contribution in [0.5, 0.6) is 0 Å². The molecule has 0 heterocycles. The average molecular weight is 293 g/mol. The minimum absolute atomic E-state index is 0.268. The second kappa shape index (κ2) is 4.01. The maximum absolute atomic E-state index is 11.4. The first kappa shape index (κ1) is 9.54. The number of carbonyl (C=O) groups is 1. The summed E-state index contributed by atoms with van der Waals surface area (Å²) in [5.74, 6) is -0.268. The normalized spacial score (nSPS) is 10.1. The van der Waals surface area contributed by atoms with Gasteiger partial charge < -0.3 is 0 Å². The number of fused-ring (bicyclic) bond motifs is 1. The van der Waals surface area contributed by atoms with E-state index in [1.54, 1.807) is 6.07 Å². The molecule has 0 fully saturated rings. The monoisotopic (exact) mass is 292 g/mol. The van der Waals surface area contributed by atoms with Crippen LogP contribution < -0.4 is 0 Å². The fourth-order valence-corrected chi connectivity index (χ4v) is 1.73. The third-order valence-electron chi connectivity index (χ3n) is 2.09. The molecular weight excluding hydrogens is 286 g/mol. The summed E-state index contributed by atoms with van der Waals surface area (Å²) in [6.45, 7) is 0. The van der Waals surface area contributed by atoms with Crippen molar-refractivity contribution in [3.8, 4) is 0 Å². The number of carbonyl (C=O) groups excluding carboxylic acids is 1. The molecule has 68 valence electrons. The quantitative estimate of drug-likeness (QED) is 0.752. The van der Waals surface area contributed by atoms with Crippen molar-refractivity contribution in [2.45, 2.75) is 0 Å². The van der Waals surface area contributed by atoms with Crippen LogP contribution in [0.25, 0.3) is 10.8 Å². The summed E-state index contributed by atoms with van der Waals surface area (Å²) in [5, 5.41) is 2.00. The zero-order chi connectivity index (χ0) is 9.97. The van der Waals surface area contributed by atoms with Crippen LogP contribution in [-0.2, 0) is 3.02 Å². The van der Waals surface area contributed by atoms with Gasteiger partial charge in [-0.15, -0.1) is 0 Å². The Hall–Kier alpha value is -1.01. The van der Waals surface area contributed by atoms with Crippen molar-refractivity contribution < 1.29 is 7.81 Å². The van der Waals surface area contributed by atoms with Gasteiger partial charge in [0.1, 0.15) is 0 Å². The van der Waals surface area contributed by atoms with Crippen LogP contribution in [0.15, 0.2) is 42.5 Å². The van der Waals surface area contributed by atoms with Crippen molar-refractivity contribution in [3.05, 3.63) is 48.0 Å². The van der Waals surface area contributed by atoms with E-state index in [4.69, 9.17) is 3.02 Å². The Balaban J connectivity index is 2.71. The molecule has 0 unspecified atom stereocenters. The van der Waals surface area contributed by atoms with Gasteiger partial charge in [0.05, 0.1) is 0 Å². The Kier molecular flexibility index (Phi) is 2.74. The maximum atomic E-state index is 11.4. The van der Waals surface area contributed by atoms with Crippen molar-refractivity contribution in [2.24, 2.45) is 0 Å². The molecule has 0 aliphatic rings. The molecule has 0 amide bonds. The summed E-state index contributed by atoms with van der Waals surface area (Å²) >= 11 is 1.05. The van der Waals surface area contributed by atoms with Gasteiger partial charge in [-0.25, -0.2) is 0 Å². The first-order chi connectivity index (χ1) is 6.83. The molecule has 0 aliphatic heterocycles. The SMILES string of the molecule is O=C([O][Sb])c1cccc2ccccc12. The third-order valence-corrected chi connectivity index (χ3v) is 2.57. The van der Waals surface area contributed by atoms with E-state index in [1.807, 2.05) is 36.4 Å². The van der Waals surface area contributed by atoms with Crippen LogP contribution in [-0.4, -0.2) is 29.4 Å². The molecule has 2 aromatic rings. The van der Waals surface area contributed by atoms with Crippen LogP contribution in [0.4, 0.5) is 0 Å². The fourth-order valence-electron chi connectivity index (χ4n) is 1.45. The molecular formula is C11H7O2Sb. The Morgan fingerprint density at radius 3 is 2.57 bits per heavy atom. The van der Waals surface area contributed by atoms with Crippen LogP contribution in [0, 0.1) is 0 Å². The van der Waals surface area contributed by atoms with Crippen LogP contribution in [0.2, 0.25) is 0 Å². The van der Waals surface area contributed by atoms with Gasteiger partial charge in [0.2, 0.25) is 0 Å². The van der Waals surface area contributed by atoms with E-state index in [0.717, 1.165) is 34.2 Å². The van der Waals surface area contributed by atoms with Gasteiger partial charge >= 0.3 is 96.0 Å². The molecule has 0 aromatic heterocycles. The van der Waals surface area contributed by atoms with E-state index in [0.29, 0.717) is 5.56 Å². The summed E-state index contributed by atoms with van der Waals surface area (Å²) in [6.07, 6.45) is 0. The molecule has 3 heteroatoms. The van der Waals surface area contributed by atoms with Gasteiger partial charge in [-0.2, -0.15) is 0 Å². The zero-order valence-electron chi connectivity index (χ0n) is 7.31. The van der Waals surface area contributed by atoms with E-state index in [-0.39, 0.29) is 5.97 Å². The van der Waals surface area contributed by atoms with Crippen molar-refractivity contribution in [1.82, 2.24) is 0 Å². The topological polar surface area (TPSA) is 26.3 Å². The predicted octanol–water partition coefficient (Wildman–Crippen LogP) is 2.08. The third kappa shape index (κ3) is 1.62. The first-order valence-corrected chi connectivity index (χ1v) is 5.20. The van der Waals surface area contributed by atoms with Gasteiger partial charge in [-0.05, 0) is 0 Å². The summed E-state index contributed by atoms with van der Waals surface area (Å²) < 4.78 is 4.76. The van der Waals surface area contributed by atoms with Crippen molar-refractivity contribution in [3.63, 3.8) is 0 Å². The second-order valence-electron chi connectivity index (χ2n) is 2.91. The molecule has 14 heavy (non-hydrogen) atoms. The summed E-state index contributed by atoms with van der Waals surface area (Å²) in [6, 6.07) is 13.4. The Bertz CT molecular complexity index is 474. The molecule has 0 N–H and O–H groups in total. The molecule has 2 aromatic carbocycles. The number of hydrogen-bond donors (Lipinski definition) is 0. The molecule has 0 spiro atoms. The molecule has 2 radical (unpaired) electrons. The van der Waals surface area contributed by atoms with Crippen LogP contribution in [0.3, 0.4) is 0 Å². The van der Waals surface area contributed by atoms with Crippen LogP contribution in [0.1, 0.15) is 10.4 Å². The molecule has 0 bridgehead atoms. The Morgan fingerprint density at radius 1 is 1.07 bits per heavy atom. The van der Waals surface area contributed by atoms with E-state index in [9.17, 15) is 4.79 Å². The molecule has 0 atom stereocenters. The van der Waals surface area contributed by atoms with E-state index >= 15 is 0 Å². The summed E-state index contributed by atoms with van der Waals surface area (Å²) in [7, 11) is 0. The second-order valence-corrected chi connectivity index (χ2v) is 3.43. The fraction of sp³-hybridized carbons (Fsp3) is 0. The first-order valence-electron chi connectivity index (χ1n) is 4.16. The number of hydrogen-bond acceptors (Lipinski definition) is 2. The van der Waals surface area contributed by atoms with E-state index in [2.05, 4.69) is 0 Å². The number of benzene rings is 2. The summed E-state index contributed by atoms with van der Waals surface area (Å²) in [5.41, 5.74) is 0.629. The minimum atomic E-state index is -0.268. The average Bonchev–Trinajstić information content (AvgIpc) is 2.27. The molecule has 0 aliphatic carbocycles. The van der Waals surface area contributed by atoms with E-state index < -0.39 is 0 Å². The Labute approximate surface area is 95.9 Å². The predicted molar refractivity (Wildman–Crippen MR) is 55.1 cm³/mol. The Morgan fingerprint density at radius 2 is 1.79 bits per heavy atom. The molecule has 2 rings (SSSR count). The van der Waals surface area contributed by atoms with E-state index in [1.165, 1.54) is 0 Å². The standard InChI is InChI=1S/C11H8O2.Sb/c12-11(13)10-7-3-5-8-4-1-2-6-9(8)10;/h1-7H,(H,12,13);/q;+1/p-1. The van der Waals surface area contributed by atoms with Crippen molar-refractivity contribution in [1.29, 1.82) is 0 Å². The van der Waals surface area contributed by atoms with Crippen molar-refractivity contribution in [2.75, 3.05) is 0 Å². The van der Waals surface area contributed by atoms with Gasteiger partial charge in [-0.1, -0.05) is 0 Å². The molecule has 2 nitrogen and oxygen atoms in total. The van der Waals surface area contributed by atoms with Gasteiger partial charge in [0.15, 0.2) is 0 Å². The van der Waals surface area contributed by atoms with Gasteiger partial charge in [-0.3, -0.25) is 0 Å². The van der Waals surface area contributed by atoms with Gasteiger partial charge in [0.25, 0.3) is 0 Å². The molecule has 0 saturated carbocycles. The zero-order valence-corrected chi connectivity index (χ0v) is 9.86. The van der Waals surface area contributed by atoms with Crippen molar-refractivity contribution >= 4 is 40.2 Å². The summed E-state index contributed by atoms with van der Waals surface area (Å²) in [4.78, 5) is 11.4. The van der Waals surface area contributed by atoms with Crippen LogP contribution >= 0.6 is 0 Å². The number of rotatable bonds is 1. The van der Waals surface area contributed by atoms with Gasteiger partial charge in [0, 0.05) is 0 Å². The molecule has 0 saturated heterocycles.